The van der Waals surface area contributed by atoms with Crippen molar-refractivity contribution in [2.45, 2.75) is 19.9 Å². The summed E-state index contributed by atoms with van der Waals surface area (Å²) in [5, 5.41) is 9.09. The maximum Gasteiger partial charge on any atom is 0.292 e. The van der Waals surface area contributed by atoms with Crippen molar-refractivity contribution in [3.8, 4) is 0 Å². The van der Waals surface area contributed by atoms with Crippen molar-refractivity contribution in [1.82, 2.24) is 20.2 Å². The van der Waals surface area contributed by atoms with Crippen molar-refractivity contribution in [1.29, 1.82) is 0 Å². The van der Waals surface area contributed by atoms with E-state index in [0.29, 0.717) is 23.0 Å². The van der Waals surface area contributed by atoms with Crippen LogP contribution in [0.1, 0.15) is 29.5 Å². The minimum Gasteiger partial charge on any atom is -0.267 e. The van der Waals surface area contributed by atoms with E-state index >= 15 is 0 Å². The molecule has 0 spiro atoms. The van der Waals surface area contributed by atoms with Crippen LogP contribution < -0.4 is 11.0 Å². The first-order valence-electron chi connectivity index (χ1n) is 7.95. The number of carbonyl (C=O) groups excluding carboxylic acids is 1. The van der Waals surface area contributed by atoms with Gasteiger partial charge in [-0.05, 0) is 24.6 Å². The van der Waals surface area contributed by atoms with Gasteiger partial charge in [0.2, 0.25) is 0 Å². The Morgan fingerprint density at radius 2 is 1.96 bits per heavy atom. The molecule has 0 atom stereocenters. The van der Waals surface area contributed by atoms with Crippen LogP contribution >= 0.6 is 0 Å². The Kier molecular flexibility index (Phi) is 4.94. The molecule has 0 aliphatic carbocycles. The summed E-state index contributed by atoms with van der Waals surface area (Å²) in [6.07, 6.45) is 3.82. The molecule has 7 nitrogen and oxygen atoms in total. The van der Waals surface area contributed by atoms with Crippen LogP contribution in [0.3, 0.4) is 0 Å². The zero-order chi connectivity index (χ0) is 17.6. The third-order valence-corrected chi connectivity index (χ3v) is 3.57. The number of nitrogens with zero attached hydrogens (tertiary/aromatic N) is 4. The number of amides is 1. The quantitative estimate of drug-likeness (QED) is 0.570. The van der Waals surface area contributed by atoms with E-state index in [1.54, 1.807) is 42.6 Å². The van der Waals surface area contributed by atoms with Gasteiger partial charge in [-0.15, -0.1) is 0 Å². The Bertz CT molecular complexity index is 980. The third-order valence-electron chi connectivity index (χ3n) is 3.57. The molecular formula is C18H17N5O2. The lowest BCUT2D eigenvalue weighted by Gasteiger charge is -2.09. The molecule has 0 saturated heterocycles. The maximum atomic E-state index is 12.5. The molecule has 7 heteroatoms. The number of pyridine rings is 1. The number of carbonyl (C=O) groups is 1. The molecule has 0 aliphatic rings. The molecule has 3 aromatic rings. The van der Waals surface area contributed by atoms with Crippen LogP contribution in [0.2, 0.25) is 0 Å². The van der Waals surface area contributed by atoms with E-state index in [9.17, 15) is 9.59 Å². The predicted molar refractivity (Wildman–Crippen MR) is 95.6 cm³/mol. The third kappa shape index (κ3) is 3.60. The van der Waals surface area contributed by atoms with Gasteiger partial charge in [-0.2, -0.15) is 10.2 Å². The van der Waals surface area contributed by atoms with Crippen molar-refractivity contribution in [2.75, 3.05) is 0 Å². The Labute approximate surface area is 144 Å². The number of aryl methyl sites for hydroxylation is 1. The maximum absolute atomic E-state index is 12.5. The van der Waals surface area contributed by atoms with E-state index in [4.69, 9.17) is 0 Å². The Balaban J connectivity index is 1.94. The van der Waals surface area contributed by atoms with E-state index in [2.05, 4.69) is 20.6 Å². The minimum absolute atomic E-state index is 0.168. The van der Waals surface area contributed by atoms with Crippen molar-refractivity contribution < 1.29 is 4.79 Å². The largest absolute Gasteiger partial charge is 0.292 e. The van der Waals surface area contributed by atoms with Gasteiger partial charge in [0, 0.05) is 18.1 Å². The summed E-state index contributed by atoms with van der Waals surface area (Å²) in [5.41, 5.74) is 3.03. The molecule has 0 unspecified atom stereocenters. The van der Waals surface area contributed by atoms with Crippen LogP contribution in [0, 0.1) is 0 Å². The SMILES string of the molecule is CCCn1nc(C(=O)N/N=C\c2ccccn2)c2ccccc2c1=O. The summed E-state index contributed by atoms with van der Waals surface area (Å²) >= 11 is 0. The number of aromatic nitrogens is 3. The van der Waals surface area contributed by atoms with E-state index in [-0.39, 0.29) is 11.3 Å². The molecule has 3 rings (SSSR count). The van der Waals surface area contributed by atoms with Crippen molar-refractivity contribution in [3.63, 3.8) is 0 Å². The second kappa shape index (κ2) is 7.48. The molecule has 1 amide bonds. The lowest BCUT2D eigenvalue weighted by atomic mass is 10.1. The summed E-state index contributed by atoms with van der Waals surface area (Å²) in [7, 11) is 0. The van der Waals surface area contributed by atoms with Crippen LogP contribution in [-0.2, 0) is 6.54 Å². The second-order valence-corrected chi connectivity index (χ2v) is 5.38. The highest BCUT2D eigenvalue weighted by molar-refractivity contribution is 6.04. The van der Waals surface area contributed by atoms with Crippen LogP contribution in [0.4, 0.5) is 0 Å². The average Bonchev–Trinajstić information content (AvgIpc) is 2.65. The van der Waals surface area contributed by atoms with Gasteiger partial charge in [0.15, 0.2) is 5.69 Å². The minimum atomic E-state index is -0.478. The van der Waals surface area contributed by atoms with Gasteiger partial charge in [0.1, 0.15) is 0 Å². The molecule has 0 radical (unpaired) electrons. The fourth-order valence-electron chi connectivity index (χ4n) is 2.43. The van der Waals surface area contributed by atoms with E-state index < -0.39 is 5.91 Å². The zero-order valence-electron chi connectivity index (χ0n) is 13.7. The summed E-state index contributed by atoms with van der Waals surface area (Å²) in [6, 6.07) is 12.3. The summed E-state index contributed by atoms with van der Waals surface area (Å²) in [6.45, 7) is 2.39. The molecule has 25 heavy (non-hydrogen) atoms. The van der Waals surface area contributed by atoms with E-state index in [0.717, 1.165) is 6.42 Å². The highest BCUT2D eigenvalue weighted by Gasteiger charge is 2.15. The number of hydrazone groups is 1. The summed E-state index contributed by atoms with van der Waals surface area (Å²) in [4.78, 5) is 29.0. The molecular weight excluding hydrogens is 318 g/mol. The van der Waals surface area contributed by atoms with Gasteiger partial charge in [0.05, 0.1) is 17.3 Å². The van der Waals surface area contributed by atoms with Crippen molar-refractivity contribution in [2.24, 2.45) is 5.10 Å². The molecule has 1 aromatic carbocycles. The molecule has 126 valence electrons. The Morgan fingerprint density at radius 3 is 2.68 bits per heavy atom. The molecule has 1 N–H and O–H groups in total. The number of hydrogen-bond donors (Lipinski definition) is 1. The fraction of sp³-hybridized carbons (Fsp3) is 0.167. The fourth-order valence-corrected chi connectivity index (χ4v) is 2.43. The van der Waals surface area contributed by atoms with E-state index in [1.807, 2.05) is 13.0 Å². The predicted octanol–water partition coefficient (Wildman–Crippen LogP) is 1.97. The average molecular weight is 335 g/mol. The number of nitrogens with one attached hydrogen (secondary N) is 1. The monoisotopic (exact) mass is 335 g/mol. The molecule has 2 aromatic heterocycles. The second-order valence-electron chi connectivity index (χ2n) is 5.38. The topological polar surface area (TPSA) is 89.2 Å². The molecule has 0 bridgehead atoms. The highest BCUT2D eigenvalue weighted by atomic mass is 16.2. The van der Waals surface area contributed by atoms with Gasteiger partial charge < -0.3 is 0 Å². The van der Waals surface area contributed by atoms with Gasteiger partial charge in [-0.1, -0.05) is 31.2 Å². The first-order chi connectivity index (χ1) is 12.2. The van der Waals surface area contributed by atoms with Gasteiger partial charge in [-0.3, -0.25) is 14.6 Å². The molecule has 0 fully saturated rings. The highest BCUT2D eigenvalue weighted by Crippen LogP contribution is 2.13. The lowest BCUT2D eigenvalue weighted by Crippen LogP contribution is -2.29. The number of fused-ring (bicyclic) bond motifs is 1. The number of benzene rings is 1. The lowest BCUT2D eigenvalue weighted by molar-refractivity contribution is 0.0949. The zero-order valence-corrected chi connectivity index (χ0v) is 13.7. The van der Waals surface area contributed by atoms with Crippen LogP contribution in [-0.4, -0.2) is 26.9 Å². The van der Waals surface area contributed by atoms with Crippen molar-refractivity contribution in [3.05, 3.63) is 70.4 Å². The van der Waals surface area contributed by atoms with Crippen LogP contribution in [0.5, 0.6) is 0 Å². The van der Waals surface area contributed by atoms with E-state index in [1.165, 1.54) is 10.9 Å². The molecule has 0 aliphatic heterocycles. The van der Waals surface area contributed by atoms with Gasteiger partial charge in [-0.25, -0.2) is 10.1 Å². The standard InChI is InChI=1S/C18H17N5O2/c1-2-11-23-18(25)15-9-4-3-8-14(15)16(22-23)17(24)21-20-12-13-7-5-6-10-19-13/h3-10,12H,2,11H2,1H3,(H,21,24)/b20-12-. The molecule has 2 heterocycles. The smallest absolute Gasteiger partial charge is 0.267 e. The first-order valence-corrected chi connectivity index (χ1v) is 7.95. The normalized spacial score (nSPS) is 11.1. The van der Waals surface area contributed by atoms with Gasteiger partial charge in [0.25, 0.3) is 11.5 Å². The Hall–Kier alpha value is -3.35. The van der Waals surface area contributed by atoms with Crippen LogP contribution in [0.25, 0.3) is 10.8 Å². The molecule has 0 saturated carbocycles. The summed E-state index contributed by atoms with van der Waals surface area (Å²) < 4.78 is 1.32. The Morgan fingerprint density at radius 1 is 1.20 bits per heavy atom. The number of rotatable bonds is 5. The first kappa shape index (κ1) is 16.5. The van der Waals surface area contributed by atoms with Gasteiger partial charge >= 0.3 is 0 Å². The van der Waals surface area contributed by atoms with Crippen molar-refractivity contribution >= 4 is 22.9 Å². The summed E-state index contributed by atoms with van der Waals surface area (Å²) in [5.74, 6) is -0.478. The number of hydrogen-bond acceptors (Lipinski definition) is 5. The van der Waals surface area contributed by atoms with Crippen LogP contribution in [0.15, 0.2) is 58.6 Å².